The van der Waals surface area contributed by atoms with Crippen molar-refractivity contribution in [3.05, 3.63) is 29.8 Å². The molecule has 0 aromatic carbocycles. The molecule has 1 saturated heterocycles. The van der Waals surface area contributed by atoms with Crippen molar-refractivity contribution in [2.45, 2.75) is 32.2 Å². The van der Waals surface area contributed by atoms with Gasteiger partial charge in [-0.15, -0.1) is 0 Å². The number of pyridine rings is 1. The van der Waals surface area contributed by atoms with E-state index in [0.717, 1.165) is 6.20 Å². The molecule has 2 atom stereocenters. The zero-order valence-corrected chi connectivity index (χ0v) is 11.4. The molecular formula is C14H19FN2O2. The number of nitrogens with zero attached hydrogens (tertiary/aromatic N) is 2. The van der Waals surface area contributed by atoms with Gasteiger partial charge in [-0.05, 0) is 32.9 Å². The van der Waals surface area contributed by atoms with Gasteiger partial charge < -0.3 is 5.11 Å². The molecule has 0 aliphatic carbocycles. The summed E-state index contributed by atoms with van der Waals surface area (Å²) in [5, 5.41) is 9.35. The summed E-state index contributed by atoms with van der Waals surface area (Å²) < 4.78 is 12.9. The molecule has 0 bridgehead atoms. The van der Waals surface area contributed by atoms with Crippen LogP contribution in [0, 0.1) is 11.7 Å². The van der Waals surface area contributed by atoms with Crippen molar-refractivity contribution in [3.63, 3.8) is 0 Å². The van der Waals surface area contributed by atoms with Gasteiger partial charge in [0.05, 0.1) is 12.1 Å². The molecule has 2 unspecified atom stereocenters. The van der Waals surface area contributed by atoms with Gasteiger partial charge in [-0.1, -0.05) is 0 Å². The van der Waals surface area contributed by atoms with E-state index in [4.69, 9.17) is 0 Å². The zero-order chi connectivity index (χ0) is 14.2. The van der Waals surface area contributed by atoms with Gasteiger partial charge in [0.1, 0.15) is 5.82 Å². The minimum absolute atomic E-state index is 0.0809. The highest BCUT2D eigenvalue weighted by molar-refractivity contribution is 5.72. The van der Waals surface area contributed by atoms with Crippen molar-refractivity contribution in [1.29, 1.82) is 0 Å². The molecule has 104 valence electrons. The van der Waals surface area contributed by atoms with Crippen LogP contribution in [-0.4, -0.2) is 39.6 Å². The van der Waals surface area contributed by atoms with E-state index in [0.29, 0.717) is 18.8 Å². The molecule has 2 heterocycles. The fraction of sp³-hybridized carbons (Fsp3) is 0.571. The van der Waals surface area contributed by atoms with Crippen molar-refractivity contribution in [2.24, 2.45) is 5.92 Å². The maximum atomic E-state index is 12.9. The lowest BCUT2D eigenvalue weighted by Gasteiger charge is -2.31. The SMILES string of the molecule is CC(C)(C)N1CC(C(=O)O)C(c2ccc(F)cn2)C1. The van der Waals surface area contributed by atoms with Crippen LogP contribution in [-0.2, 0) is 4.79 Å². The number of hydrogen-bond donors (Lipinski definition) is 1. The number of halogens is 1. The van der Waals surface area contributed by atoms with Crippen LogP contribution in [0.1, 0.15) is 32.4 Å². The number of carboxylic acids is 1. The highest BCUT2D eigenvalue weighted by Crippen LogP contribution is 2.35. The summed E-state index contributed by atoms with van der Waals surface area (Å²) >= 11 is 0. The topological polar surface area (TPSA) is 53.4 Å². The second-order valence-electron chi connectivity index (χ2n) is 6.03. The molecule has 1 N–H and O–H groups in total. The summed E-state index contributed by atoms with van der Waals surface area (Å²) in [7, 11) is 0. The summed E-state index contributed by atoms with van der Waals surface area (Å²) in [5.74, 6) is -1.89. The van der Waals surface area contributed by atoms with Gasteiger partial charge in [0.15, 0.2) is 0 Å². The number of hydrogen-bond acceptors (Lipinski definition) is 3. The molecule has 1 aliphatic heterocycles. The number of likely N-dealkylation sites (tertiary alicyclic amines) is 1. The van der Waals surface area contributed by atoms with Gasteiger partial charge >= 0.3 is 5.97 Å². The van der Waals surface area contributed by atoms with E-state index in [2.05, 4.69) is 30.7 Å². The van der Waals surface area contributed by atoms with Crippen LogP contribution in [0.4, 0.5) is 4.39 Å². The third-order valence-corrected chi connectivity index (χ3v) is 3.72. The zero-order valence-electron chi connectivity index (χ0n) is 11.4. The molecule has 5 heteroatoms. The van der Waals surface area contributed by atoms with Gasteiger partial charge in [-0.2, -0.15) is 0 Å². The van der Waals surface area contributed by atoms with Crippen molar-refractivity contribution in [2.75, 3.05) is 13.1 Å². The van der Waals surface area contributed by atoms with Gasteiger partial charge in [0, 0.05) is 30.2 Å². The second kappa shape index (κ2) is 4.89. The van der Waals surface area contributed by atoms with E-state index < -0.39 is 17.7 Å². The standard InChI is InChI=1S/C14H19FN2O2/c1-14(2,3)17-7-10(11(8-17)13(18)19)12-5-4-9(15)6-16-12/h4-6,10-11H,7-8H2,1-3H3,(H,18,19). The number of carboxylic acid groups (broad SMARTS) is 1. The van der Waals surface area contributed by atoms with Gasteiger partial charge in [0.2, 0.25) is 0 Å². The Bertz CT molecular complexity index is 467. The first kappa shape index (κ1) is 13.9. The van der Waals surface area contributed by atoms with Crippen molar-refractivity contribution < 1.29 is 14.3 Å². The Labute approximate surface area is 112 Å². The van der Waals surface area contributed by atoms with E-state index in [1.165, 1.54) is 6.07 Å². The van der Waals surface area contributed by atoms with Crippen LogP contribution < -0.4 is 0 Å². The predicted molar refractivity (Wildman–Crippen MR) is 69.4 cm³/mol. The summed E-state index contributed by atoms with van der Waals surface area (Å²) in [4.78, 5) is 17.6. The summed E-state index contributed by atoms with van der Waals surface area (Å²) in [6.07, 6.45) is 1.15. The number of carbonyl (C=O) groups is 1. The van der Waals surface area contributed by atoms with Crippen molar-refractivity contribution in [3.8, 4) is 0 Å². The molecule has 0 spiro atoms. The lowest BCUT2D eigenvalue weighted by molar-refractivity contribution is -0.141. The molecule has 1 aromatic rings. The molecule has 1 aliphatic rings. The van der Waals surface area contributed by atoms with E-state index in [1.54, 1.807) is 6.07 Å². The average Bonchev–Trinajstić information content (AvgIpc) is 2.74. The Hall–Kier alpha value is -1.49. The number of aromatic nitrogens is 1. The first-order chi connectivity index (χ1) is 8.79. The predicted octanol–water partition coefficient (Wildman–Crippen LogP) is 2.12. The molecule has 1 aromatic heterocycles. The summed E-state index contributed by atoms with van der Waals surface area (Å²) in [5.41, 5.74) is 0.572. The highest BCUT2D eigenvalue weighted by Gasteiger charge is 2.42. The molecule has 0 amide bonds. The lowest BCUT2D eigenvalue weighted by atomic mass is 9.92. The molecular weight excluding hydrogens is 247 g/mol. The number of aliphatic carboxylic acids is 1. The van der Waals surface area contributed by atoms with Crippen LogP contribution in [0.25, 0.3) is 0 Å². The van der Waals surface area contributed by atoms with Crippen LogP contribution in [0.2, 0.25) is 0 Å². The second-order valence-corrected chi connectivity index (χ2v) is 6.03. The Kier molecular flexibility index (Phi) is 3.58. The Morgan fingerprint density at radius 2 is 2.11 bits per heavy atom. The summed E-state index contributed by atoms with van der Waals surface area (Å²) in [6, 6.07) is 2.92. The molecule has 0 radical (unpaired) electrons. The average molecular weight is 266 g/mol. The minimum atomic E-state index is -0.817. The van der Waals surface area contributed by atoms with Crippen LogP contribution >= 0.6 is 0 Å². The fourth-order valence-corrected chi connectivity index (χ4v) is 2.51. The molecule has 19 heavy (non-hydrogen) atoms. The highest BCUT2D eigenvalue weighted by atomic mass is 19.1. The lowest BCUT2D eigenvalue weighted by Crippen LogP contribution is -2.40. The monoisotopic (exact) mass is 266 g/mol. The third kappa shape index (κ3) is 2.92. The summed E-state index contributed by atoms with van der Waals surface area (Å²) in [6.45, 7) is 7.33. The van der Waals surface area contributed by atoms with E-state index >= 15 is 0 Å². The molecule has 1 fully saturated rings. The van der Waals surface area contributed by atoms with Crippen molar-refractivity contribution in [1.82, 2.24) is 9.88 Å². The van der Waals surface area contributed by atoms with Crippen LogP contribution in [0.5, 0.6) is 0 Å². The molecule has 0 saturated carbocycles. The molecule has 2 rings (SSSR count). The molecule has 4 nitrogen and oxygen atoms in total. The number of rotatable bonds is 2. The van der Waals surface area contributed by atoms with E-state index in [1.807, 2.05) is 0 Å². The van der Waals surface area contributed by atoms with E-state index in [-0.39, 0.29) is 11.5 Å². The fourth-order valence-electron chi connectivity index (χ4n) is 2.51. The maximum Gasteiger partial charge on any atom is 0.308 e. The maximum absolute atomic E-state index is 12.9. The third-order valence-electron chi connectivity index (χ3n) is 3.72. The normalized spacial score (nSPS) is 24.6. The van der Waals surface area contributed by atoms with Crippen LogP contribution in [0.15, 0.2) is 18.3 Å². The Morgan fingerprint density at radius 1 is 1.42 bits per heavy atom. The van der Waals surface area contributed by atoms with Gasteiger partial charge in [0.25, 0.3) is 0 Å². The van der Waals surface area contributed by atoms with E-state index in [9.17, 15) is 14.3 Å². The smallest absolute Gasteiger partial charge is 0.308 e. The van der Waals surface area contributed by atoms with Crippen molar-refractivity contribution >= 4 is 5.97 Å². The Balaban J connectivity index is 2.27. The quantitative estimate of drug-likeness (QED) is 0.891. The first-order valence-corrected chi connectivity index (χ1v) is 6.38. The largest absolute Gasteiger partial charge is 0.481 e. The Morgan fingerprint density at radius 3 is 2.58 bits per heavy atom. The van der Waals surface area contributed by atoms with Crippen LogP contribution in [0.3, 0.4) is 0 Å². The van der Waals surface area contributed by atoms with Gasteiger partial charge in [-0.25, -0.2) is 4.39 Å². The minimum Gasteiger partial charge on any atom is -0.481 e. The van der Waals surface area contributed by atoms with Gasteiger partial charge in [-0.3, -0.25) is 14.7 Å². The first-order valence-electron chi connectivity index (χ1n) is 6.38.